The first-order chi connectivity index (χ1) is 6.30. The molecule has 1 nitrogen and oxygen atoms in total. The van der Waals surface area contributed by atoms with Crippen LogP contribution in [0.2, 0.25) is 0 Å². The molecule has 2 rings (SSSR count). The summed E-state index contributed by atoms with van der Waals surface area (Å²) in [5.41, 5.74) is 0. The first-order valence-corrected chi connectivity index (χ1v) is 5.58. The van der Waals surface area contributed by atoms with Crippen LogP contribution >= 0.6 is 0 Å². The van der Waals surface area contributed by atoms with E-state index in [0.717, 1.165) is 5.25 Å². The van der Waals surface area contributed by atoms with Crippen LogP contribution in [0.25, 0.3) is 0 Å². The van der Waals surface area contributed by atoms with Gasteiger partial charge in [0.15, 0.2) is 0 Å². The van der Waals surface area contributed by atoms with Gasteiger partial charge in [-0.15, -0.1) is 0 Å². The monoisotopic (exact) mass is 248 g/mol. The minimum absolute atomic E-state index is 0. The Hall–Kier alpha value is 0.669. The van der Waals surface area contributed by atoms with Crippen LogP contribution < -0.4 is 0 Å². The van der Waals surface area contributed by atoms with Gasteiger partial charge in [-0.3, -0.25) is 4.21 Å². The van der Waals surface area contributed by atoms with Gasteiger partial charge in [0.05, 0.1) is 5.25 Å². The Balaban J connectivity index is 0.000000246. The van der Waals surface area contributed by atoms with E-state index in [9.17, 15) is 4.21 Å². The third kappa shape index (κ3) is 6.21. The molecule has 0 amide bonds. The number of rotatable bonds is 1. The summed E-state index contributed by atoms with van der Waals surface area (Å²) in [6.07, 6.45) is 19.2. The van der Waals surface area contributed by atoms with E-state index in [1.54, 1.807) is 6.26 Å². The Labute approximate surface area is 101 Å². The zero-order valence-corrected chi connectivity index (χ0v) is 9.79. The molecule has 0 heterocycles. The fraction of sp³-hybridized carbons (Fsp3) is 0.0909. The topological polar surface area (TPSA) is 17.1 Å². The van der Waals surface area contributed by atoms with Gasteiger partial charge in [0.25, 0.3) is 0 Å². The zero-order chi connectivity index (χ0) is 9.52. The first kappa shape index (κ1) is 14.7. The van der Waals surface area contributed by atoms with Crippen LogP contribution in [0.5, 0.6) is 0 Å². The fourth-order valence-electron chi connectivity index (χ4n) is 0.869. The van der Waals surface area contributed by atoms with E-state index in [2.05, 4.69) is 0 Å². The summed E-state index contributed by atoms with van der Waals surface area (Å²) in [6, 6.07) is 0. The molecular formula is C11H12FeOS+2. The van der Waals surface area contributed by atoms with Crippen molar-refractivity contribution in [3.63, 3.8) is 0 Å². The second-order valence-corrected chi connectivity index (χ2v) is 3.92. The molecule has 14 heavy (non-hydrogen) atoms. The van der Waals surface area contributed by atoms with E-state index in [0.29, 0.717) is 0 Å². The van der Waals surface area contributed by atoms with E-state index < -0.39 is 10.8 Å². The van der Waals surface area contributed by atoms with E-state index in [4.69, 9.17) is 0 Å². The second kappa shape index (κ2) is 8.94. The van der Waals surface area contributed by atoms with Gasteiger partial charge in [0.1, 0.15) is 0 Å². The average molecular weight is 248 g/mol. The van der Waals surface area contributed by atoms with Crippen molar-refractivity contribution < 1.29 is 21.3 Å². The van der Waals surface area contributed by atoms with Gasteiger partial charge >= 0.3 is 17.1 Å². The fourth-order valence-corrected chi connectivity index (χ4v) is 1.41. The molecule has 2 aliphatic carbocycles. The van der Waals surface area contributed by atoms with Crippen molar-refractivity contribution in [2.75, 3.05) is 6.26 Å². The first-order valence-electron chi connectivity index (χ1n) is 4.02. The van der Waals surface area contributed by atoms with Gasteiger partial charge in [-0.05, 0) is 57.8 Å². The molecule has 0 spiro atoms. The van der Waals surface area contributed by atoms with Crippen LogP contribution in [0.4, 0.5) is 0 Å². The predicted molar refractivity (Wildman–Crippen MR) is 56.0 cm³/mol. The van der Waals surface area contributed by atoms with Crippen molar-refractivity contribution in [1.82, 2.24) is 0 Å². The maximum absolute atomic E-state index is 10.6. The molecule has 2 saturated carbocycles. The van der Waals surface area contributed by atoms with E-state index in [-0.39, 0.29) is 17.1 Å². The van der Waals surface area contributed by atoms with Crippen molar-refractivity contribution in [3.05, 3.63) is 63.0 Å². The normalized spacial score (nSPS) is 23.5. The third-order valence-electron chi connectivity index (χ3n) is 1.52. The zero-order valence-electron chi connectivity index (χ0n) is 7.87. The van der Waals surface area contributed by atoms with Crippen LogP contribution in [0.3, 0.4) is 0 Å². The van der Waals surface area contributed by atoms with Gasteiger partial charge in [0, 0.05) is 17.1 Å². The number of hydrogen-bond donors (Lipinski definition) is 0. The Morgan fingerprint density at radius 2 is 1.21 bits per heavy atom. The van der Waals surface area contributed by atoms with Crippen LogP contribution in [0.1, 0.15) is 0 Å². The standard InChI is InChI=1S/C6H7OS.C5H5.Fe/c1-8(7)6-4-2-3-5-6;1-2-4-5-3-1;/h2-5H,1H3;1-5H;/q;;+2/t8-;;/m0../s1. The van der Waals surface area contributed by atoms with Gasteiger partial charge in [-0.25, -0.2) is 0 Å². The minimum atomic E-state index is -0.798. The van der Waals surface area contributed by atoms with Gasteiger partial charge in [-0.2, -0.15) is 0 Å². The molecule has 0 aliphatic heterocycles. The molecule has 74 valence electrons. The Bertz CT molecular complexity index is 144. The van der Waals surface area contributed by atoms with Crippen molar-refractivity contribution in [2.24, 2.45) is 0 Å². The summed E-state index contributed by atoms with van der Waals surface area (Å²) in [4.78, 5) is 0. The van der Waals surface area contributed by atoms with Crippen molar-refractivity contribution in [1.29, 1.82) is 0 Å². The van der Waals surface area contributed by atoms with E-state index in [1.807, 2.05) is 57.8 Å². The summed E-state index contributed by atoms with van der Waals surface area (Å²) in [7, 11) is -0.798. The van der Waals surface area contributed by atoms with Crippen molar-refractivity contribution >= 4 is 10.8 Å². The van der Waals surface area contributed by atoms with Crippen molar-refractivity contribution in [2.45, 2.75) is 0 Å². The second-order valence-electron chi connectivity index (χ2n) is 2.54. The molecule has 0 unspecified atom stereocenters. The molecule has 0 saturated heterocycles. The van der Waals surface area contributed by atoms with Gasteiger partial charge in [0.2, 0.25) is 0 Å². The largest absolute Gasteiger partial charge is 2.00 e. The average Bonchev–Trinajstić information content (AvgIpc) is 2.82. The van der Waals surface area contributed by atoms with Crippen LogP contribution in [0, 0.1) is 63.0 Å². The van der Waals surface area contributed by atoms with Gasteiger partial charge in [-0.1, -0.05) is 0 Å². The summed E-state index contributed by atoms with van der Waals surface area (Å²) >= 11 is 0. The summed E-state index contributed by atoms with van der Waals surface area (Å²) in [5, 5.41) is 0.907. The summed E-state index contributed by atoms with van der Waals surface area (Å²) in [5.74, 6) is 0. The van der Waals surface area contributed by atoms with E-state index >= 15 is 0 Å². The Morgan fingerprint density at radius 1 is 0.857 bits per heavy atom. The molecule has 0 bridgehead atoms. The maximum atomic E-state index is 10.6. The molecule has 3 heteroatoms. The van der Waals surface area contributed by atoms with Gasteiger partial charge < -0.3 is 0 Å². The summed E-state index contributed by atoms with van der Waals surface area (Å²) in [6.45, 7) is 0. The molecule has 0 N–H and O–H groups in total. The number of hydrogen-bond acceptors (Lipinski definition) is 1. The van der Waals surface area contributed by atoms with E-state index in [1.165, 1.54) is 0 Å². The molecule has 0 aromatic heterocycles. The summed E-state index contributed by atoms with van der Waals surface area (Å²) < 4.78 is 10.6. The molecule has 2 aliphatic rings. The maximum Gasteiger partial charge on any atom is 2.00 e. The smallest absolute Gasteiger partial charge is 0.259 e. The van der Waals surface area contributed by atoms with Crippen LogP contribution in [-0.2, 0) is 27.9 Å². The van der Waals surface area contributed by atoms with Crippen LogP contribution in [0.15, 0.2) is 0 Å². The molecule has 10 radical (unpaired) electrons. The molecular weight excluding hydrogens is 236 g/mol. The quantitative estimate of drug-likeness (QED) is 0.646. The predicted octanol–water partition coefficient (Wildman–Crippen LogP) is 1.75. The molecule has 0 aromatic carbocycles. The SMILES string of the molecule is C[S@](=O)[C]1[CH][CH][CH][CH]1.[CH]1[CH][CH][CH][CH]1.[Fe+2]. The Morgan fingerprint density at radius 3 is 1.43 bits per heavy atom. The van der Waals surface area contributed by atoms with Crippen LogP contribution in [-0.4, -0.2) is 10.5 Å². The molecule has 0 aromatic rings. The Kier molecular flexibility index (Phi) is 9.36. The van der Waals surface area contributed by atoms with Crippen molar-refractivity contribution in [3.8, 4) is 0 Å². The molecule has 1 atom stereocenters. The minimum Gasteiger partial charge on any atom is -0.259 e. The molecule has 2 fully saturated rings. The third-order valence-corrected chi connectivity index (χ3v) is 2.46.